The first-order valence-corrected chi connectivity index (χ1v) is 9.93. The van der Waals surface area contributed by atoms with E-state index in [1.807, 2.05) is 0 Å². The zero-order chi connectivity index (χ0) is 21.6. The van der Waals surface area contributed by atoms with Gasteiger partial charge in [-0.2, -0.15) is 0 Å². The molecule has 0 aromatic heterocycles. The van der Waals surface area contributed by atoms with Gasteiger partial charge in [-0.15, -0.1) is 0 Å². The fourth-order valence-electron chi connectivity index (χ4n) is 2.87. The van der Waals surface area contributed by atoms with E-state index in [0.717, 1.165) is 0 Å². The van der Waals surface area contributed by atoms with Crippen molar-refractivity contribution in [3.63, 3.8) is 0 Å². The smallest absolute Gasteiger partial charge is 0.0711 e. The molecule has 6 aliphatic carbocycles. The number of hydrogen-bond acceptors (Lipinski definition) is 0. The van der Waals surface area contributed by atoms with E-state index >= 15 is 0 Å². The maximum absolute atomic E-state index is 3.11. The lowest BCUT2D eigenvalue weighted by atomic mass is 9.97. The summed E-state index contributed by atoms with van der Waals surface area (Å²) in [6, 6.07) is 0. The summed E-state index contributed by atoms with van der Waals surface area (Å²) < 4.78 is 0. The quantitative estimate of drug-likeness (QED) is 0.541. The van der Waals surface area contributed by atoms with Crippen molar-refractivity contribution in [3.05, 3.63) is 0 Å². The molecule has 0 fully saturated rings. The molecule has 8 bridgehead atoms. The van der Waals surface area contributed by atoms with Crippen molar-refractivity contribution in [3.8, 4) is 142 Å². The van der Waals surface area contributed by atoms with Crippen molar-refractivity contribution in [1.29, 1.82) is 0 Å². The van der Waals surface area contributed by atoms with E-state index in [-0.39, 0.29) is 0 Å². The molecule has 0 radical (unpaired) electrons. The van der Waals surface area contributed by atoms with Crippen LogP contribution < -0.4 is 0 Å². The van der Waals surface area contributed by atoms with Crippen LogP contribution in [0.25, 0.3) is 0 Å². The second-order valence-corrected chi connectivity index (χ2v) is 6.93. The Morgan fingerprint density at radius 2 is 0.188 bits per heavy atom. The van der Waals surface area contributed by atoms with E-state index in [9.17, 15) is 0 Å². The van der Waals surface area contributed by atoms with Crippen LogP contribution in [0.4, 0.5) is 0 Å². The zero-order valence-corrected chi connectivity index (χ0v) is 16.6. The summed E-state index contributed by atoms with van der Waals surface area (Å²) >= 11 is 0. The highest BCUT2D eigenvalue weighted by molar-refractivity contribution is 5.49. The summed E-state index contributed by atoms with van der Waals surface area (Å²) in [5, 5.41) is 0. The van der Waals surface area contributed by atoms with Gasteiger partial charge in [0.2, 0.25) is 0 Å². The van der Waals surface area contributed by atoms with Gasteiger partial charge in [0.05, 0.1) is 0 Å². The third-order valence-electron chi connectivity index (χ3n) is 4.46. The molecule has 0 atom stereocenters. The molecular formula is C32H8. The molecule has 0 saturated heterocycles. The second-order valence-electron chi connectivity index (χ2n) is 6.93. The van der Waals surface area contributed by atoms with Crippen molar-refractivity contribution < 1.29 is 0 Å². The number of hydrogen-bond donors (Lipinski definition) is 0. The van der Waals surface area contributed by atoms with Crippen LogP contribution in [0, 0.1) is 189 Å². The second kappa shape index (κ2) is 8.61. The molecule has 0 unspecified atom stereocenters. The maximum Gasteiger partial charge on any atom is 0.141 e. The fourth-order valence-corrected chi connectivity index (χ4v) is 2.87. The molecule has 0 saturated carbocycles. The first kappa shape index (κ1) is 18.7. The van der Waals surface area contributed by atoms with E-state index in [1.165, 1.54) is 0 Å². The molecule has 0 heterocycles. The van der Waals surface area contributed by atoms with Gasteiger partial charge in [0.1, 0.15) is 47.3 Å². The van der Waals surface area contributed by atoms with Crippen LogP contribution in [-0.2, 0) is 0 Å². The molecular weight excluding hydrogens is 384 g/mol. The summed E-state index contributed by atoms with van der Waals surface area (Å²) in [5.41, 5.74) is 0. The van der Waals surface area contributed by atoms with Gasteiger partial charge in [-0.25, -0.2) is 0 Å². The highest BCUT2D eigenvalue weighted by Gasteiger charge is 2.09. The SMILES string of the molecule is C1#CC2C#CC3C#CC4C#CC1C#CC1C#CC(C#C2)C#CC(C#C3)C#CC(C#C4)C#C1. The van der Waals surface area contributed by atoms with Gasteiger partial charge in [0.25, 0.3) is 0 Å². The molecule has 0 spiro atoms. The van der Waals surface area contributed by atoms with E-state index in [1.54, 1.807) is 0 Å². The van der Waals surface area contributed by atoms with Crippen LogP contribution >= 0.6 is 0 Å². The molecule has 136 valence electrons. The summed E-state index contributed by atoms with van der Waals surface area (Å²) in [7, 11) is 0. The van der Waals surface area contributed by atoms with Crippen LogP contribution in [0.3, 0.4) is 0 Å². The van der Waals surface area contributed by atoms with Gasteiger partial charge >= 0.3 is 0 Å². The van der Waals surface area contributed by atoms with Gasteiger partial charge in [-0.1, -0.05) is 142 Å². The van der Waals surface area contributed by atoms with Crippen molar-refractivity contribution in [2.24, 2.45) is 47.3 Å². The molecule has 0 aromatic rings. The third-order valence-corrected chi connectivity index (χ3v) is 4.46. The van der Waals surface area contributed by atoms with Gasteiger partial charge in [-0.05, 0) is 0 Å². The Morgan fingerprint density at radius 1 is 0.125 bits per heavy atom. The largest absolute Gasteiger partial charge is 0.141 e. The van der Waals surface area contributed by atoms with E-state index < -0.39 is 47.3 Å². The zero-order valence-electron chi connectivity index (χ0n) is 16.6. The summed E-state index contributed by atoms with van der Waals surface area (Å²) in [6.45, 7) is 0. The van der Waals surface area contributed by atoms with Crippen molar-refractivity contribution in [2.45, 2.75) is 0 Å². The first-order valence-electron chi connectivity index (χ1n) is 9.93. The summed E-state index contributed by atoms with van der Waals surface area (Å²) in [4.78, 5) is 0. The van der Waals surface area contributed by atoms with Crippen LogP contribution in [0.2, 0.25) is 0 Å². The van der Waals surface area contributed by atoms with Crippen molar-refractivity contribution in [1.82, 2.24) is 0 Å². The Bertz CT molecular complexity index is 1120. The number of rotatable bonds is 0. The average molecular weight is 392 g/mol. The summed E-state index contributed by atoms with van der Waals surface area (Å²) in [5.74, 6) is 70.7. The van der Waals surface area contributed by atoms with Crippen LogP contribution in [-0.4, -0.2) is 0 Å². The minimum absolute atomic E-state index is 0.503. The highest BCUT2D eigenvalue weighted by atomic mass is 14.1. The fraction of sp³-hybridized carbons (Fsp3) is 0.250. The Hall–Kier alpha value is -5.28. The van der Waals surface area contributed by atoms with E-state index in [4.69, 9.17) is 0 Å². The van der Waals surface area contributed by atoms with Gasteiger partial charge in [0, 0.05) is 0 Å². The Balaban J connectivity index is 1.88. The van der Waals surface area contributed by atoms with Crippen LogP contribution in [0.5, 0.6) is 0 Å². The topological polar surface area (TPSA) is 0 Å². The molecule has 32 heavy (non-hydrogen) atoms. The van der Waals surface area contributed by atoms with E-state index in [2.05, 4.69) is 142 Å². The van der Waals surface area contributed by atoms with Gasteiger partial charge in [-0.3, -0.25) is 0 Å². The predicted molar refractivity (Wildman–Crippen MR) is 121 cm³/mol. The highest BCUT2D eigenvalue weighted by Crippen LogP contribution is 2.07. The lowest BCUT2D eigenvalue weighted by Gasteiger charge is -2.03. The normalized spacial score (nSPS) is 33.0. The Morgan fingerprint density at radius 3 is 0.250 bits per heavy atom. The lowest BCUT2D eigenvalue weighted by Crippen LogP contribution is -2.04. The molecule has 0 amide bonds. The molecule has 0 heteroatoms. The third kappa shape index (κ3) is 4.64. The first-order chi connectivity index (χ1) is 15.8. The molecule has 0 aliphatic heterocycles. The molecule has 0 aromatic carbocycles. The molecule has 6 rings (SSSR count). The maximum atomic E-state index is 3.11. The minimum Gasteiger partial charge on any atom is -0.0711 e. The Labute approximate surface area is 189 Å². The summed E-state index contributed by atoms with van der Waals surface area (Å²) in [6.07, 6.45) is 0. The molecule has 0 N–H and O–H groups in total. The van der Waals surface area contributed by atoms with Crippen molar-refractivity contribution >= 4 is 0 Å². The van der Waals surface area contributed by atoms with Gasteiger partial charge < -0.3 is 0 Å². The standard InChI is InChI=1S/C32H8/c1-2-26-7-9-29-15-11-27-5-3-25(1)4-6-28-12-16-30(10-8-26)20-22-32(21-19-29)24-23-31(17-13-27)18-14-28/h25-32H. The average Bonchev–Trinajstić information content (AvgIpc) is 2.78. The molecule has 0 nitrogen and oxygen atoms in total. The monoisotopic (exact) mass is 392 g/mol. The Kier molecular flexibility index (Phi) is 5.04. The van der Waals surface area contributed by atoms with Crippen molar-refractivity contribution in [2.75, 3.05) is 0 Å². The minimum atomic E-state index is -0.503. The predicted octanol–water partition coefficient (Wildman–Crippen LogP) is 1.02. The lowest BCUT2D eigenvalue weighted by molar-refractivity contribution is 1.09. The van der Waals surface area contributed by atoms with Crippen LogP contribution in [0.15, 0.2) is 0 Å². The molecule has 6 aliphatic rings. The van der Waals surface area contributed by atoms with E-state index in [0.29, 0.717) is 0 Å². The van der Waals surface area contributed by atoms with Gasteiger partial charge in [0.15, 0.2) is 0 Å². The van der Waals surface area contributed by atoms with Crippen LogP contribution in [0.1, 0.15) is 0 Å².